The number of nitrogens with one attached hydrogen (secondary N) is 2. The van der Waals surface area contributed by atoms with Gasteiger partial charge in [-0.3, -0.25) is 9.59 Å². The molecule has 0 radical (unpaired) electrons. The van der Waals surface area contributed by atoms with Gasteiger partial charge in [0.05, 0.1) is 6.54 Å². The van der Waals surface area contributed by atoms with Crippen molar-refractivity contribution < 1.29 is 14.7 Å². The van der Waals surface area contributed by atoms with Gasteiger partial charge in [-0.05, 0) is 18.9 Å². The number of rotatable bonds is 8. The molecule has 116 valence electrons. The van der Waals surface area contributed by atoms with Crippen LogP contribution in [0.3, 0.4) is 0 Å². The van der Waals surface area contributed by atoms with E-state index < -0.39 is 5.60 Å². The van der Waals surface area contributed by atoms with Crippen LogP contribution < -0.4 is 10.6 Å². The maximum absolute atomic E-state index is 11.7. The Labute approximate surface area is 125 Å². The highest BCUT2D eigenvalue weighted by Gasteiger charge is 2.23. The maximum atomic E-state index is 11.7. The van der Waals surface area contributed by atoms with Crippen molar-refractivity contribution in [2.75, 3.05) is 13.1 Å². The predicted octanol–water partition coefficient (Wildman–Crippen LogP) is 1.32. The molecule has 0 aliphatic carbocycles. The minimum absolute atomic E-state index is 0.117. The van der Waals surface area contributed by atoms with Crippen molar-refractivity contribution in [3.05, 3.63) is 35.9 Å². The molecule has 0 aliphatic heterocycles. The van der Waals surface area contributed by atoms with Gasteiger partial charge in [0.2, 0.25) is 11.8 Å². The molecule has 1 aromatic rings. The van der Waals surface area contributed by atoms with E-state index in [1.165, 1.54) is 0 Å². The molecule has 0 fully saturated rings. The lowest BCUT2D eigenvalue weighted by molar-refractivity contribution is -0.127. The summed E-state index contributed by atoms with van der Waals surface area (Å²) in [7, 11) is 0. The van der Waals surface area contributed by atoms with Crippen molar-refractivity contribution in [3.8, 4) is 0 Å². The summed E-state index contributed by atoms with van der Waals surface area (Å²) in [6, 6.07) is 9.16. The Morgan fingerprint density at radius 3 is 2.24 bits per heavy atom. The second-order valence-electron chi connectivity index (χ2n) is 5.27. The van der Waals surface area contributed by atoms with Gasteiger partial charge >= 0.3 is 0 Å². The number of benzene rings is 1. The lowest BCUT2D eigenvalue weighted by atomic mass is 9.96. The smallest absolute Gasteiger partial charge is 0.220 e. The third kappa shape index (κ3) is 6.40. The molecule has 21 heavy (non-hydrogen) atoms. The van der Waals surface area contributed by atoms with E-state index in [1.54, 1.807) is 6.92 Å². The third-order valence-electron chi connectivity index (χ3n) is 3.18. The number of hydrogen-bond acceptors (Lipinski definition) is 3. The molecule has 0 aromatic heterocycles. The maximum Gasteiger partial charge on any atom is 0.220 e. The Morgan fingerprint density at radius 2 is 1.67 bits per heavy atom. The van der Waals surface area contributed by atoms with E-state index in [0.717, 1.165) is 12.0 Å². The molecule has 1 unspecified atom stereocenters. The fourth-order valence-corrected chi connectivity index (χ4v) is 1.84. The van der Waals surface area contributed by atoms with E-state index in [1.807, 2.05) is 37.3 Å². The summed E-state index contributed by atoms with van der Waals surface area (Å²) < 4.78 is 0. The van der Waals surface area contributed by atoms with Crippen molar-refractivity contribution in [1.82, 2.24) is 10.6 Å². The average Bonchev–Trinajstić information content (AvgIpc) is 2.49. The highest BCUT2D eigenvalue weighted by molar-refractivity contribution is 5.83. The van der Waals surface area contributed by atoms with Crippen LogP contribution in [0.5, 0.6) is 0 Å². The highest BCUT2D eigenvalue weighted by Crippen LogP contribution is 2.18. The highest BCUT2D eigenvalue weighted by atomic mass is 16.3. The Bertz CT molecular complexity index is 458. The zero-order valence-electron chi connectivity index (χ0n) is 12.7. The summed E-state index contributed by atoms with van der Waals surface area (Å²) in [5.74, 6) is -0.361. The molecule has 0 spiro atoms. The minimum Gasteiger partial charge on any atom is -0.384 e. The van der Waals surface area contributed by atoms with Crippen molar-refractivity contribution in [2.24, 2.45) is 0 Å². The van der Waals surface area contributed by atoms with Gasteiger partial charge in [0.25, 0.3) is 0 Å². The number of carbonyl (C=O) groups excluding carboxylic acids is 2. The zero-order chi connectivity index (χ0) is 15.7. The van der Waals surface area contributed by atoms with Crippen LogP contribution in [0.15, 0.2) is 30.3 Å². The molecule has 2 amide bonds. The van der Waals surface area contributed by atoms with E-state index in [0.29, 0.717) is 6.54 Å². The Kier molecular flexibility index (Phi) is 6.88. The van der Waals surface area contributed by atoms with Crippen LogP contribution >= 0.6 is 0 Å². The summed E-state index contributed by atoms with van der Waals surface area (Å²) in [6.07, 6.45) is 1.16. The minimum atomic E-state index is -1.12. The fraction of sp³-hybridized carbons (Fsp3) is 0.500. The van der Waals surface area contributed by atoms with Crippen molar-refractivity contribution in [1.29, 1.82) is 0 Å². The van der Waals surface area contributed by atoms with Crippen LogP contribution in [0.1, 0.15) is 38.7 Å². The molecule has 0 aliphatic rings. The summed E-state index contributed by atoms with van der Waals surface area (Å²) >= 11 is 0. The molecule has 0 bridgehead atoms. The third-order valence-corrected chi connectivity index (χ3v) is 3.18. The number of carbonyl (C=O) groups is 2. The first-order chi connectivity index (χ1) is 9.95. The van der Waals surface area contributed by atoms with Crippen LogP contribution in [-0.4, -0.2) is 30.0 Å². The second-order valence-corrected chi connectivity index (χ2v) is 5.27. The molecule has 0 heterocycles. The van der Waals surface area contributed by atoms with Gasteiger partial charge in [0.1, 0.15) is 5.60 Å². The van der Waals surface area contributed by atoms with E-state index in [2.05, 4.69) is 10.6 Å². The topological polar surface area (TPSA) is 78.4 Å². The molecular weight excluding hydrogens is 268 g/mol. The van der Waals surface area contributed by atoms with Crippen LogP contribution in [-0.2, 0) is 15.2 Å². The molecule has 1 aromatic carbocycles. The van der Waals surface area contributed by atoms with Crippen molar-refractivity contribution in [3.63, 3.8) is 0 Å². The quantitative estimate of drug-likeness (QED) is 0.676. The molecule has 1 atom stereocenters. The average molecular weight is 292 g/mol. The lowest BCUT2D eigenvalue weighted by Crippen LogP contribution is -2.39. The van der Waals surface area contributed by atoms with Gasteiger partial charge in [0.15, 0.2) is 0 Å². The summed E-state index contributed by atoms with van der Waals surface area (Å²) in [5, 5.41) is 15.7. The summed E-state index contributed by atoms with van der Waals surface area (Å²) in [4.78, 5) is 23.1. The van der Waals surface area contributed by atoms with Crippen LogP contribution in [0.2, 0.25) is 0 Å². The van der Waals surface area contributed by atoms with Gasteiger partial charge in [0, 0.05) is 19.4 Å². The van der Waals surface area contributed by atoms with Crippen LogP contribution in [0, 0.1) is 0 Å². The molecular formula is C16H24N2O3. The Morgan fingerprint density at radius 1 is 1.10 bits per heavy atom. The first kappa shape index (κ1) is 17.2. The molecule has 5 heteroatoms. The molecule has 0 saturated carbocycles. The van der Waals surface area contributed by atoms with E-state index in [9.17, 15) is 14.7 Å². The van der Waals surface area contributed by atoms with Gasteiger partial charge in [-0.1, -0.05) is 37.3 Å². The van der Waals surface area contributed by atoms with Crippen molar-refractivity contribution >= 4 is 11.8 Å². The lowest BCUT2D eigenvalue weighted by Gasteiger charge is -2.24. The fourth-order valence-electron chi connectivity index (χ4n) is 1.84. The van der Waals surface area contributed by atoms with E-state index in [-0.39, 0.29) is 31.2 Å². The van der Waals surface area contributed by atoms with Crippen LogP contribution in [0.25, 0.3) is 0 Å². The predicted molar refractivity (Wildman–Crippen MR) is 81.6 cm³/mol. The first-order valence-corrected chi connectivity index (χ1v) is 7.27. The number of amides is 2. The first-order valence-electron chi connectivity index (χ1n) is 7.27. The number of aliphatic hydroxyl groups is 1. The normalized spacial score (nSPS) is 13.3. The van der Waals surface area contributed by atoms with Gasteiger partial charge < -0.3 is 15.7 Å². The Hall–Kier alpha value is -1.88. The number of hydrogen-bond donors (Lipinski definition) is 3. The molecule has 1 rings (SSSR count). The Balaban J connectivity index is 2.34. The van der Waals surface area contributed by atoms with Crippen LogP contribution in [0.4, 0.5) is 0 Å². The zero-order valence-corrected chi connectivity index (χ0v) is 12.7. The molecule has 3 N–H and O–H groups in total. The van der Waals surface area contributed by atoms with E-state index in [4.69, 9.17) is 0 Å². The summed E-state index contributed by atoms with van der Waals surface area (Å²) in [5.41, 5.74) is -0.382. The molecule has 5 nitrogen and oxygen atoms in total. The van der Waals surface area contributed by atoms with E-state index >= 15 is 0 Å². The monoisotopic (exact) mass is 292 g/mol. The summed E-state index contributed by atoms with van der Waals surface area (Å²) in [6.45, 7) is 4.37. The molecule has 0 saturated heterocycles. The van der Waals surface area contributed by atoms with Gasteiger partial charge in [-0.15, -0.1) is 0 Å². The standard InChI is InChI=1S/C16H24N2O3/c1-3-11-17-14(19)9-10-15(20)18-12-16(2,21)13-7-5-4-6-8-13/h4-8,21H,3,9-12H2,1-2H3,(H,17,19)(H,18,20). The second kappa shape index (κ2) is 8.42. The van der Waals surface area contributed by atoms with Crippen molar-refractivity contribution in [2.45, 2.75) is 38.7 Å². The SMILES string of the molecule is CCCNC(=O)CCC(=O)NCC(C)(O)c1ccccc1. The largest absolute Gasteiger partial charge is 0.384 e. The van der Waals surface area contributed by atoms with Gasteiger partial charge in [-0.25, -0.2) is 0 Å². The van der Waals surface area contributed by atoms with Gasteiger partial charge in [-0.2, -0.15) is 0 Å².